The van der Waals surface area contributed by atoms with Crippen molar-refractivity contribution in [2.75, 3.05) is 13.1 Å². The minimum atomic E-state index is -0.703. The van der Waals surface area contributed by atoms with Gasteiger partial charge in [0.15, 0.2) is 0 Å². The van der Waals surface area contributed by atoms with E-state index in [1.165, 1.54) is 0 Å². The summed E-state index contributed by atoms with van der Waals surface area (Å²) < 4.78 is 5.52. The molecule has 100 valence electrons. The zero-order valence-corrected chi connectivity index (χ0v) is 10.9. The number of nitrogens with zero attached hydrogens (tertiary/aromatic N) is 1. The molecule has 4 heteroatoms. The van der Waals surface area contributed by atoms with Crippen LogP contribution >= 0.6 is 0 Å². The molecule has 3 rings (SSSR count). The molecule has 1 fully saturated rings. The van der Waals surface area contributed by atoms with E-state index in [1.54, 1.807) is 6.26 Å². The van der Waals surface area contributed by atoms with E-state index in [-0.39, 0.29) is 0 Å². The Balaban J connectivity index is 1.80. The minimum absolute atomic E-state index is 0.597. The van der Waals surface area contributed by atoms with Crippen LogP contribution in [0, 0.1) is 5.41 Å². The Bertz CT molecular complexity index is 619. The monoisotopic (exact) mass is 259 g/mol. The molecule has 0 aliphatic carbocycles. The maximum absolute atomic E-state index is 11.2. The molecule has 1 aliphatic rings. The van der Waals surface area contributed by atoms with Gasteiger partial charge in [-0.3, -0.25) is 9.69 Å². The molecule has 0 amide bonds. The van der Waals surface area contributed by atoms with E-state index in [0.717, 1.165) is 29.6 Å². The van der Waals surface area contributed by atoms with Gasteiger partial charge in [-0.1, -0.05) is 18.2 Å². The number of hydrogen-bond acceptors (Lipinski definition) is 3. The Labute approximate surface area is 111 Å². The Morgan fingerprint density at radius 1 is 1.47 bits per heavy atom. The van der Waals surface area contributed by atoms with Crippen LogP contribution < -0.4 is 0 Å². The first-order valence-corrected chi connectivity index (χ1v) is 6.49. The number of carboxylic acids is 1. The van der Waals surface area contributed by atoms with Gasteiger partial charge >= 0.3 is 5.97 Å². The van der Waals surface area contributed by atoms with E-state index >= 15 is 0 Å². The van der Waals surface area contributed by atoms with Gasteiger partial charge < -0.3 is 9.52 Å². The summed E-state index contributed by atoms with van der Waals surface area (Å²) >= 11 is 0. The number of carboxylic acid groups (broad SMARTS) is 1. The van der Waals surface area contributed by atoms with E-state index < -0.39 is 11.4 Å². The van der Waals surface area contributed by atoms with Crippen molar-refractivity contribution in [3.8, 4) is 0 Å². The second-order valence-electron chi connectivity index (χ2n) is 5.58. The Morgan fingerprint density at radius 2 is 2.32 bits per heavy atom. The van der Waals surface area contributed by atoms with Crippen LogP contribution in [0.25, 0.3) is 11.0 Å². The van der Waals surface area contributed by atoms with E-state index in [1.807, 2.05) is 31.2 Å². The molecule has 0 spiro atoms. The molecule has 1 N–H and O–H groups in total. The highest BCUT2D eigenvalue weighted by molar-refractivity contribution is 5.80. The van der Waals surface area contributed by atoms with Crippen LogP contribution in [-0.2, 0) is 11.3 Å². The number of hydrogen-bond donors (Lipinski definition) is 1. The summed E-state index contributed by atoms with van der Waals surface area (Å²) in [6.07, 6.45) is 2.40. The van der Waals surface area contributed by atoms with E-state index in [2.05, 4.69) is 4.90 Å². The SMILES string of the molecule is CC1(C(=O)O)CCN(Cc2cccc3ccoc23)C1. The first-order valence-electron chi connectivity index (χ1n) is 6.49. The fraction of sp³-hybridized carbons (Fsp3) is 0.400. The maximum atomic E-state index is 11.2. The number of aliphatic carboxylic acids is 1. The molecule has 1 unspecified atom stereocenters. The fourth-order valence-electron chi connectivity index (χ4n) is 2.79. The van der Waals surface area contributed by atoms with Crippen LogP contribution in [-0.4, -0.2) is 29.1 Å². The number of likely N-dealkylation sites (tertiary alicyclic amines) is 1. The zero-order valence-electron chi connectivity index (χ0n) is 10.9. The molecule has 0 radical (unpaired) electrons. The third-order valence-electron chi connectivity index (χ3n) is 4.02. The molecule has 0 saturated carbocycles. The van der Waals surface area contributed by atoms with Crippen LogP contribution in [0.3, 0.4) is 0 Å². The summed E-state index contributed by atoms with van der Waals surface area (Å²) in [6.45, 7) is 3.98. The van der Waals surface area contributed by atoms with Crippen molar-refractivity contribution < 1.29 is 14.3 Å². The van der Waals surface area contributed by atoms with Crippen LogP contribution in [0.5, 0.6) is 0 Å². The first kappa shape index (κ1) is 12.2. The Morgan fingerprint density at radius 3 is 3.05 bits per heavy atom. The molecule has 1 aromatic carbocycles. The number of furan rings is 1. The lowest BCUT2D eigenvalue weighted by Gasteiger charge is -2.20. The van der Waals surface area contributed by atoms with Gasteiger partial charge in [0.05, 0.1) is 11.7 Å². The van der Waals surface area contributed by atoms with Crippen LogP contribution in [0.1, 0.15) is 18.9 Å². The molecule has 0 bridgehead atoms. The molecule has 1 saturated heterocycles. The molecule has 1 atom stereocenters. The van der Waals surface area contributed by atoms with Crippen molar-refractivity contribution in [2.24, 2.45) is 5.41 Å². The van der Waals surface area contributed by atoms with E-state index in [9.17, 15) is 9.90 Å². The number of para-hydroxylation sites is 1. The lowest BCUT2D eigenvalue weighted by Crippen LogP contribution is -2.31. The molecular formula is C15H17NO3. The van der Waals surface area contributed by atoms with Crippen molar-refractivity contribution in [3.63, 3.8) is 0 Å². The summed E-state index contributed by atoms with van der Waals surface area (Å²) in [7, 11) is 0. The average Bonchev–Trinajstić information content (AvgIpc) is 2.97. The van der Waals surface area contributed by atoms with Crippen molar-refractivity contribution >= 4 is 16.9 Å². The lowest BCUT2D eigenvalue weighted by atomic mass is 9.90. The lowest BCUT2D eigenvalue weighted by molar-refractivity contribution is -0.147. The minimum Gasteiger partial charge on any atom is -0.481 e. The molecule has 4 nitrogen and oxygen atoms in total. The highest BCUT2D eigenvalue weighted by Crippen LogP contribution is 2.32. The van der Waals surface area contributed by atoms with Gasteiger partial charge in [-0.15, -0.1) is 0 Å². The maximum Gasteiger partial charge on any atom is 0.310 e. The van der Waals surface area contributed by atoms with Crippen LogP contribution in [0.4, 0.5) is 0 Å². The highest BCUT2D eigenvalue weighted by atomic mass is 16.4. The Hall–Kier alpha value is -1.81. The molecule has 2 heterocycles. The van der Waals surface area contributed by atoms with Gasteiger partial charge in [0.1, 0.15) is 5.58 Å². The molecule has 1 aliphatic heterocycles. The second kappa shape index (κ2) is 4.38. The summed E-state index contributed by atoms with van der Waals surface area (Å²) in [5.41, 5.74) is 1.42. The number of rotatable bonds is 3. The van der Waals surface area contributed by atoms with Crippen LogP contribution in [0.15, 0.2) is 34.9 Å². The predicted molar refractivity (Wildman–Crippen MR) is 71.9 cm³/mol. The summed E-state index contributed by atoms with van der Waals surface area (Å²) in [4.78, 5) is 13.4. The smallest absolute Gasteiger partial charge is 0.310 e. The van der Waals surface area contributed by atoms with Crippen molar-refractivity contribution in [1.82, 2.24) is 4.90 Å². The molecular weight excluding hydrogens is 242 g/mol. The van der Waals surface area contributed by atoms with Crippen molar-refractivity contribution in [1.29, 1.82) is 0 Å². The second-order valence-corrected chi connectivity index (χ2v) is 5.58. The van der Waals surface area contributed by atoms with Gasteiger partial charge in [-0.2, -0.15) is 0 Å². The zero-order chi connectivity index (χ0) is 13.5. The largest absolute Gasteiger partial charge is 0.481 e. The Kier molecular flexibility index (Phi) is 2.82. The fourth-order valence-corrected chi connectivity index (χ4v) is 2.79. The normalized spacial score (nSPS) is 24.1. The molecule has 2 aromatic rings. The third kappa shape index (κ3) is 2.12. The first-order chi connectivity index (χ1) is 9.08. The summed E-state index contributed by atoms with van der Waals surface area (Å²) in [6, 6.07) is 8.03. The number of benzene rings is 1. The van der Waals surface area contributed by atoms with Gasteiger partial charge in [-0.25, -0.2) is 0 Å². The van der Waals surface area contributed by atoms with E-state index in [4.69, 9.17) is 4.42 Å². The van der Waals surface area contributed by atoms with Gasteiger partial charge in [0.2, 0.25) is 0 Å². The quantitative estimate of drug-likeness (QED) is 0.920. The number of carbonyl (C=O) groups is 1. The summed E-state index contributed by atoms with van der Waals surface area (Å²) in [5.74, 6) is -0.703. The van der Waals surface area contributed by atoms with Crippen LogP contribution in [0.2, 0.25) is 0 Å². The van der Waals surface area contributed by atoms with Crippen molar-refractivity contribution in [3.05, 3.63) is 36.1 Å². The van der Waals surface area contributed by atoms with Crippen molar-refractivity contribution in [2.45, 2.75) is 19.9 Å². The number of fused-ring (bicyclic) bond motifs is 1. The molecule has 1 aromatic heterocycles. The van der Waals surface area contributed by atoms with E-state index in [0.29, 0.717) is 13.0 Å². The van der Waals surface area contributed by atoms with Gasteiger partial charge in [0, 0.05) is 24.0 Å². The predicted octanol–water partition coefficient (Wildman–Crippen LogP) is 2.73. The van der Waals surface area contributed by atoms with Gasteiger partial charge in [0.25, 0.3) is 0 Å². The standard InChI is InChI=1S/C15H17NO3/c1-15(14(17)18)6-7-16(10-15)9-12-4-2-3-11-5-8-19-13(11)12/h2-5,8H,6-7,9-10H2,1H3,(H,17,18). The topological polar surface area (TPSA) is 53.7 Å². The average molecular weight is 259 g/mol. The summed E-state index contributed by atoms with van der Waals surface area (Å²) in [5, 5.41) is 10.3. The van der Waals surface area contributed by atoms with Gasteiger partial charge in [-0.05, 0) is 26.0 Å². The highest BCUT2D eigenvalue weighted by Gasteiger charge is 2.40. The third-order valence-corrected chi connectivity index (χ3v) is 4.02. The molecule has 19 heavy (non-hydrogen) atoms.